The van der Waals surface area contributed by atoms with Gasteiger partial charge in [0.05, 0.1) is 13.2 Å². The van der Waals surface area contributed by atoms with Crippen molar-refractivity contribution in [2.75, 3.05) is 65.8 Å². The van der Waals surface area contributed by atoms with Gasteiger partial charge in [-0.3, -0.25) is 0 Å². The molecule has 0 aromatic heterocycles. The molecule has 0 aliphatic carbocycles. The molecule has 41 heavy (non-hydrogen) atoms. The van der Waals surface area contributed by atoms with Crippen LogP contribution in [0.1, 0.15) is 112 Å². The van der Waals surface area contributed by atoms with E-state index in [2.05, 4.69) is 24.5 Å². The molecule has 248 valence electrons. The van der Waals surface area contributed by atoms with Gasteiger partial charge in [-0.1, -0.05) is 65.2 Å². The quantitative estimate of drug-likeness (QED) is 0.0585. The number of rotatable bonds is 34. The van der Waals surface area contributed by atoms with Crippen LogP contribution in [0.15, 0.2) is 0 Å². The minimum Gasteiger partial charge on any atom is -0.419 e. The molecule has 0 saturated heterocycles. The molecule has 0 aromatic carbocycles. The summed E-state index contributed by atoms with van der Waals surface area (Å²) in [5, 5.41) is 7.30. The third-order valence-electron chi connectivity index (χ3n) is 7.20. The first-order chi connectivity index (χ1) is 20.1. The smallest absolute Gasteiger partial charge is 0.179 e. The zero-order chi connectivity index (χ0) is 30.2. The molecule has 2 atom stereocenters. The largest absolute Gasteiger partial charge is 0.419 e. The fraction of sp³-hybridized carbons (Fsp3) is 1.00. The number of hydrogen-bond acceptors (Lipinski definition) is 8. The van der Waals surface area contributed by atoms with Gasteiger partial charge >= 0.3 is 0 Å². The second kappa shape index (κ2) is 33.0. The van der Waals surface area contributed by atoms with Crippen molar-refractivity contribution in [1.82, 2.24) is 10.6 Å². The van der Waals surface area contributed by atoms with E-state index < -0.39 is 19.5 Å². The molecule has 0 saturated carbocycles. The highest BCUT2D eigenvalue weighted by molar-refractivity contribution is 6.29. The van der Waals surface area contributed by atoms with Crippen molar-refractivity contribution in [3.8, 4) is 0 Å². The van der Waals surface area contributed by atoms with Gasteiger partial charge in [-0.25, -0.2) is 0 Å². The molecular formula is C31H70N2O6Si2. The maximum Gasteiger partial charge on any atom is 0.179 e. The highest BCUT2D eigenvalue weighted by Crippen LogP contribution is 2.21. The number of ether oxygens (including phenoxy) is 4. The zero-order valence-electron chi connectivity index (χ0n) is 28.0. The van der Waals surface area contributed by atoms with Crippen LogP contribution in [0.4, 0.5) is 0 Å². The van der Waals surface area contributed by atoms with Crippen molar-refractivity contribution in [2.45, 2.75) is 136 Å². The third kappa shape index (κ3) is 27.4. The lowest BCUT2D eigenvalue weighted by atomic mass is 10.1. The second-order valence-electron chi connectivity index (χ2n) is 10.9. The molecule has 0 bridgehead atoms. The summed E-state index contributed by atoms with van der Waals surface area (Å²) in [6.07, 6.45) is 13.5. The maximum atomic E-state index is 6.13. The molecule has 0 rings (SSSR count). The topological polar surface area (TPSA) is 79.4 Å². The van der Waals surface area contributed by atoms with E-state index in [1.807, 2.05) is 27.7 Å². The third-order valence-corrected chi connectivity index (χ3v) is 10.7. The van der Waals surface area contributed by atoms with Gasteiger partial charge in [-0.2, -0.15) is 0 Å². The van der Waals surface area contributed by atoms with Crippen LogP contribution in [0.3, 0.4) is 0 Å². The molecule has 0 radical (unpaired) electrons. The van der Waals surface area contributed by atoms with E-state index in [0.29, 0.717) is 39.6 Å². The van der Waals surface area contributed by atoms with Crippen molar-refractivity contribution >= 4 is 19.5 Å². The van der Waals surface area contributed by atoms with Gasteiger partial charge in [0, 0.05) is 26.4 Å². The van der Waals surface area contributed by atoms with Crippen molar-refractivity contribution < 1.29 is 27.8 Å². The lowest BCUT2D eigenvalue weighted by molar-refractivity contribution is -0.152. The molecule has 0 spiro atoms. The Labute approximate surface area is 259 Å². The molecular weight excluding hydrogens is 553 g/mol. The Morgan fingerprint density at radius 3 is 1.15 bits per heavy atom. The second-order valence-corrected chi connectivity index (χ2v) is 14.7. The molecule has 0 amide bonds. The summed E-state index contributed by atoms with van der Waals surface area (Å²) in [4.78, 5) is 0. The molecule has 8 nitrogen and oxygen atoms in total. The Kier molecular flexibility index (Phi) is 33.1. The first-order valence-corrected chi connectivity index (χ1v) is 20.0. The summed E-state index contributed by atoms with van der Waals surface area (Å²) < 4.78 is 34.7. The molecule has 0 aromatic rings. The lowest BCUT2D eigenvalue weighted by Crippen LogP contribution is -2.26. The van der Waals surface area contributed by atoms with E-state index in [4.69, 9.17) is 27.8 Å². The van der Waals surface area contributed by atoms with Crippen molar-refractivity contribution in [1.29, 1.82) is 0 Å². The highest BCUT2D eigenvalue weighted by Gasteiger charge is 2.14. The van der Waals surface area contributed by atoms with Crippen LogP contribution in [-0.4, -0.2) is 97.9 Å². The molecule has 0 aliphatic rings. The van der Waals surface area contributed by atoms with Crippen LogP contribution in [0, 0.1) is 0 Å². The Morgan fingerprint density at radius 2 is 0.805 bits per heavy atom. The number of unbranched alkanes of at least 4 members (excludes halogenated alkanes) is 2. The molecule has 0 aliphatic heterocycles. The fourth-order valence-corrected chi connectivity index (χ4v) is 8.07. The Morgan fingerprint density at radius 1 is 0.463 bits per heavy atom. The SMILES string of the molecule is CCCCC(CCCNCCCNCCCC(CCCC)[SiH2]OCC(OCC)OCC)[SiH2]OCC(OCC)OCC. The molecule has 10 heteroatoms. The maximum absolute atomic E-state index is 6.13. The summed E-state index contributed by atoms with van der Waals surface area (Å²) in [5.41, 5.74) is 1.51. The van der Waals surface area contributed by atoms with Crippen LogP contribution >= 0.6 is 0 Å². The van der Waals surface area contributed by atoms with Gasteiger partial charge in [0.15, 0.2) is 32.1 Å². The van der Waals surface area contributed by atoms with Gasteiger partial charge in [0.1, 0.15) is 0 Å². The highest BCUT2D eigenvalue weighted by atomic mass is 28.2. The van der Waals surface area contributed by atoms with Gasteiger partial charge in [-0.05, 0) is 84.2 Å². The van der Waals surface area contributed by atoms with Crippen LogP contribution in [0.2, 0.25) is 11.1 Å². The van der Waals surface area contributed by atoms with Gasteiger partial charge in [0.25, 0.3) is 0 Å². The monoisotopic (exact) mass is 622 g/mol. The predicted molar refractivity (Wildman–Crippen MR) is 178 cm³/mol. The number of hydrogen-bond donors (Lipinski definition) is 2. The predicted octanol–water partition coefficient (Wildman–Crippen LogP) is 5.07. The average molecular weight is 623 g/mol. The minimum atomic E-state index is -0.567. The molecule has 2 N–H and O–H groups in total. The Bertz CT molecular complexity index is 459. The van der Waals surface area contributed by atoms with E-state index >= 15 is 0 Å². The summed E-state index contributed by atoms with van der Waals surface area (Å²) in [5.74, 6) is 0. The minimum absolute atomic E-state index is 0.206. The van der Waals surface area contributed by atoms with Crippen molar-refractivity contribution in [3.63, 3.8) is 0 Å². The van der Waals surface area contributed by atoms with Crippen molar-refractivity contribution in [2.24, 2.45) is 0 Å². The first-order valence-electron chi connectivity index (χ1n) is 17.2. The van der Waals surface area contributed by atoms with Gasteiger partial charge in [0.2, 0.25) is 0 Å². The molecule has 0 fully saturated rings. The van der Waals surface area contributed by atoms with Crippen LogP contribution < -0.4 is 10.6 Å². The molecule has 0 heterocycles. The summed E-state index contributed by atoms with van der Waals surface area (Å²) in [7, 11) is -1.13. The van der Waals surface area contributed by atoms with E-state index in [9.17, 15) is 0 Å². The van der Waals surface area contributed by atoms with Crippen LogP contribution in [-0.2, 0) is 27.8 Å². The summed E-state index contributed by atoms with van der Waals surface area (Å²) in [6, 6.07) is 0. The molecule has 2 unspecified atom stereocenters. The van der Waals surface area contributed by atoms with Gasteiger partial charge in [-0.15, -0.1) is 0 Å². The Hall–Kier alpha value is 0.114. The summed E-state index contributed by atoms with van der Waals surface area (Å²) >= 11 is 0. The normalized spacial score (nSPS) is 14.0. The van der Waals surface area contributed by atoms with Gasteiger partial charge < -0.3 is 38.4 Å². The van der Waals surface area contributed by atoms with E-state index in [-0.39, 0.29) is 12.6 Å². The lowest BCUT2D eigenvalue weighted by Gasteiger charge is -2.20. The average Bonchev–Trinajstić information content (AvgIpc) is 2.97. The standard InChI is InChI=1S/C31H70N2O6Si2/c1-7-13-18-28(40-38-26-30(34-9-3)35-10-4)20-15-22-32-24-17-25-33-23-16-21-29(19-14-8-2)41-39-27-31(36-11-5)37-12-6/h28-33H,7-27,40-41H2,1-6H3. The fourth-order valence-electron chi connectivity index (χ4n) is 4.92. The van der Waals surface area contributed by atoms with E-state index in [1.54, 1.807) is 0 Å². The van der Waals surface area contributed by atoms with E-state index in [0.717, 1.165) is 37.3 Å². The van der Waals surface area contributed by atoms with E-state index in [1.165, 1.54) is 70.6 Å². The van der Waals surface area contributed by atoms with Crippen molar-refractivity contribution in [3.05, 3.63) is 0 Å². The Balaban J connectivity index is 3.94. The number of nitrogens with one attached hydrogen (secondary N) is 2. The zero-order valence-corrected chi connectivity index (χ0v) is 30.9. The first kappa shape index (κ1) is 41.1. The van der Waals surface area contributed by atoms with Crippen LogP contribution in [0.25, 0.3) is 0 Å². The van der Waals surface area contributed by atoms with Crippen LogP contribution in [0.5, 0.6) is 0 Å². The summed E-state index contributed by atoms with van der Waals surface area (Å²) in [6.45, 7) is 20.8.